The van der Waals surface area contributed by atoms with Crippen LogP contribution in [-0.2, 0) is 4.79 Å². The minimum absolute atomic E-state index is 0.236. The molecular weight excluding hydrogens is 286 g/mol. The summed E-state index contributed by atoms with van der Waals surface area (Å²) in [7, 11) is 0. The molecule has 0 amide bonds. The maximum absolute atomic E-state index is 12.8. The highest BCUT2D eigenvalue weighted by Crippen LogP contribution is 2.32. The molecule has 1 atom stereocenters. The maximum Gasteiger partial charge on any atom is 0.305 e. The molecule has 1 rings (SSSR count). The van der Waals surface area contributed by atoms with Gasteiger partial charge < -0.3 is 5.11 Å². The largest absolute Gasteiger partial charge is 0.481 e. The number of aliphatic carboxylic acids is 1. The summed E-state index contributed by atoms with van der Waals surface area (Å²) in [4.78, 5) is 10.5. The van der Waals surface area contributed by atoms with Gasteiger partial charge in [0.25, 0.3) is 6.43 Å². The third-order valence-electron chi connectivity index (χ3n) is 2.14. The number of carboxylic acid groups (broad SMARTS) is 1. The Labute approximate surface area is 99.4 Å². The first-order valence-electron chi connectivity index (χ1n) is 4.59. The molecule has 0 aliphatic carbocycles. The summed E-state index contributed by atoms with van der Waals surface area (Å²) in [5.41, 5.74) is 0.152. The summed E-state index contributed by atoms with van der Waals surface area (Å²) in [6.45, 7) is 3.12. The predicted molar refractivity (Wildman–Crippen MR) is 56.6 cm³/mol. The second-order valence-electron chi connectivity index (χ2n) is 3.48. The lowest BCUT2D eigenvalue weighted by molar-refractivity contribution is -0.137. The number of aromatic nitrogens is 2. The van der Waals surface area contributed by atoms with Gasteiger partial charge >= 0.3 is 5.97 Å². The Hall–Kier alpha value is -0.980. The summed E-state index contributed by atoms with van der Waals surface area (Å²) in [5.74, 6) is -1.04. The Morgan fingerprint density at radius 3 is 2.62 bits per heavy atom. The number of alkyl halides is 2. The molecule has 1 aromatic heterocycles. The Morgan fingerprint density at radius 1 is 1.62 bits per heavy atom. The van der Waals surface area contributed by atoms with Crippen molar-refractivity contribution in [3.63, 3.8) is 0 Å². The van der Waals surface area contributed by atoms with E-state index in [0.717, 1.165) is 4.68 Å². The lowest BCUT2D eigenvalue weighted by atomic mass is 10.2. The summed E-state index contributed by atoms with van der Waals surface area (Å²) in [6, 6.07) is -0.605. The van der Waals surface area contributed by atoms with E-state index < -0.39 is 18.4 Å². The molecular formula is C9H11BrF2N2O2. The molecule has 1 aromatic rings. The highest BCUT2D eigenvalue weighted by atomic mass is 79.9. The molecule has 1 N–H and O–H groups in total. The van der Waals surface area contributed by atoms with E-state index >= 15 is 0 Å². The van der Waals surface area contributed by atoms with Crippen LogP contribution in [0.25, 0.3) is 0 Å². The normalized spacial score (nSPS) is 13.1. The van der Waals surface area contributed by atoms with E-state index in [1.54, 1.807) is 13.8 Å². The van der Waals surface area contributed by atoms with Gasteiger partial charge in [-0.15, -0.1) is 0 Å². The van der Waals surface area contributed by atoms with Crippen LogP contribution in [0.5, 0.6) is 0 Å². The number of hydrogen-bond donors (Lipinski definition) is 1. The third kappa shape index (κ3) is 2.58. The smallest absolute Gasteiger partial charge is 0.305 e. The molecule has 7 heteroatoms. The Balaban J connectivity index is 3.12. The van der Waals surface area contributed by atoms with Gasteiger partial charge in [0.2, 0.25) is 0 Å². The van der Waals surface area contributed by atoms with Crippen LogP contribution >= 0.6 is 15.9 Å². The number of rotatable bonds is 4. The van der Waals surface area contributed by atoms with Crippen LogP contribution in [0.15, 0.2) is 4.47 Å². The van der Waals surface area contributed by atoms with Crippen molar-refractivity contribution < 1.29 is 18.7 Å². The monoisotopic (exact) mass is 296 g/mol. The van der Waals surface area contributed by atoms with Crippen molar-refractivity contribution in [2.45, 2.75) is 32.7 Å². The van der Waals surface area contributed by atoms with E-state index in [1.165, 1.54) is 0 Å². The minimum atomic E-state index is -2.69. The van der Waals surface area contributed by atoms with Gasteiger partial charge in [0.05, 0.1) is 22.6 Å². The SMILES string of the molecule is Cc1nn(C(C)CC(=O)O)c(C(F)F)c1Br. The standard InChI is InChI=1S/C9H11BrF2N2O2/c1-4(3-6(15)16)14-8(9(11)12)7(10)5(2)13-14/h4,9H,3H2,1-2H3,(H,15,16). The molecule has 0 spiro atoms. The quantitative estimate of drug-likeness (QED) is 0.929. The van der Waals surface area contributed by atoms with Gasteiger partial charge in [0.1, 0.15) is 5.69 Å². The Kier molecular flexibility index (Phi) is 4.01. The van der Waals surface area contributed by atoms with Crippen LogP contribution in [0.3, 0.4) is 0 Å². The zero-order chi connectivity index (χ0) is 12.5. The van der Waals surface area contributed by atoms with Crippen molar-refractivity contribution in [2.24, 2.45) is 0 Å². The lowest BCUT2D eigenvalue weighted by Crippen LogP contribution is -2.15. The fourth-order valence-electron chi connectivity index (χ4n) is 1.42. The van der Waals surface area contributed by atoms with E-state index in [0.29, 0.717) is 5.69 Å². The van der Waals surface area contributed by atoms with E-state index in [9.17, 15) is 13.6 Å². The highest BCUT2D eigenvalue weighted by molar-refractivity contribution is 9.10. The molecule has 0 saturated heterocycles. The molecule has 0 saturated carbocycles. The van der Waals surface area contributed by atoms with Gasteiger partial charge in [-0.25, -0.2) is 8.78 Å². The van der Waals surface area contributed by atoms with Crippen molar-refractivity contribution in [3.8, 4) is 0 Å². The lowest BCUT2D eigenvalue weighted by Gasteiger charge is -2.13. The fourth-order valence-corrected chi connectivity index (χ4v) is 1.85. The van der Waals surface area contributed by atoms with Crippen molar-refractivity contribution in [3.05, 3.63) is 15.9 Å². The topological polar surface area (TPSA) is 55.1 Å². The number of carbonyl (C=O) groups is 1. The molecule has 0 aliphatic rings. The number of aryl methyl sites for hydroxylation is 1. The van der Waals surface area contributed by atoms with Gasteiger partial charge in [-0.05, 0) is 29.8 Å². The van der Waals surface area contributed by atoms with Crippen molar-refractivity contribution >= 4 is 21.9 Å². The van der Waals surface area contributed by atoms with Crippen molar-refractivity contribution in [2.75, 3.05) is 0 Å². The predicted octanol–water partition coefficient (Wildman–Crippen LogP) is 2.93. The summed E-state index contributed by atoms with van der Waals surface area (Å²) in [5, 5.41) is 12.5. The van der Waals surface area contributed by atoms with E-state index in [-0.39, 0.29) is 16.6 Å². The number of nitrogens with zero attached hydrogens (tertiary/aromatic N) is 2. The van der Waals surface area contributed by atoms with E-state index in [1.807, 2.05) is 0 Å². The average Bonchev–Trinajstić information content (AvgIpc) is 2.42. The van der Waals surface area contributed by atoms with Crippen molar-refractivity contribution in [1.29, 1.82) is 0 Å². The highest BCUT2D eigenvalue weighted by Gasteiger charge is 2.25. The first kappa shape index (κ1) is 13.1. The van der Waals surface area contributed by atoms with Gasteiger partial charge in [0, 0.05) is 0 Å². The van der Waals surface area contributed by atoms with Crippen LogP contribution in [-0.4, -0.2) is 20.9 Å². The van der Waals surface area contributed by atoms with Crippen LogP contribution in [0.1, 0.15) is 37.2 Å². The minimum Gasteiger partial charge on any atom is -0.481 e. The van der Waals surface area contributed by atoms with E-state index in [4.69, 9.17) is 5.11 Å². The average molecular weight is 297 g/mol. The summed E-state index contributed by atoms with van der Waals surface area (Å²) in [6.07, 6.45) is -2.93. The van der Waals surface area contributed by atoms with Crippen molar-refractivity contribution in [1.82, 2.24) is 9.78 Å². The van der Waals surface area contributed by atoms with Crippen LogP contribution in [0.2, 0.25) is 0 Å². The molecule has 16 heavy (non-hydrogen) atoms. The molecule has 0 aliphatic heterocycles. The third-order valence-corrected chi connectivity index (χ3v) is 3.12. The molecule has 1 heterocycles. The van der Waals surface area contributed by atoms with Crippen LogP contribution < -0.4 is 0 Å². The maximum atomic E-state index is 12.8. The Morgan fingerprint density at radius 2 is 2.19 bits per heavy atom. The Bertz CT molecular complexity index is 406. The number of hydrogen-bond acceptors (Lipinski definition) is 2. The molecule has 0 aromatic carbocycles. The number of carboxylic acids is 1. The zero-order valence-electron chi connectivity index (χ0n) is 8.75. The van der Waals surface area contributed by atoms with Gasteiger partial charge in [-0.3, -0.25) is 9.48 Å². The van der Waals surface area contributed by atoms with Gasteiger partial charge in [0.15, 0.2) is 0 Å². The molecule has 0 fully saturated rings. The van der Waals surface area contributed by atoms with Gasteiger partial charge in [-0.2, -0.15) is 5.10 Å². The summed E-state index contributed by atoms with van der Waals surface area (Å²) < 4.78 is 26.8. The molecule has 0 bridgehead atoms. The fraction of sp³-hybridized carbons (Fsp3) is 0.556. The molecule has 90 valence electrons. The van der Waals surface area contributed by atoms with Crippen LogP contribution in [0.4, 0.5) is 8.78 Å². The molecule has 4 nitrogen and oxygen atoms in total. The van der Waals surface area contributed by atoms with E-state index in [2.05, 4.69) is 21.0 Å². The summed E-state index contributed by atoms with van der Waals surface area (Å²) >= 11 is 3.03. The first-order valence-corrected chi connectivity index (χ1v) is 5.38. The van der Waals surface area contributed by atoms with Gasteiger partial charge in [-0.1, -0.05) is 0 Å². The second kappa shape index (κ2) is 4.90. The molecule has 1 unspecified atom stereocenters. The first-order chi connectivity index (χ1) is 7.34. The number of halogens is 3. The second-order valence-corrected chi connectivity index (χ2v) is 4.27. The van der Waals surface area contributed by atoms with Crippen LogP contribution in [0, 0.1) is 6.92 Å². The molecule has 0 radical (unpaired) electrons. The zero-order valence-corrected chi connectivity index (χ0v) is 10.3.